The Labute approximate surface area is 102 Å². The third-order valence-corrected chi connectivity index (χ3v) is 2.32. The lowest BCUT2D eigenvalue weighted by Crippen LogP contribution is -2.20. The molecule has 0 heterocycles. The van der Waals surface area contributed by atoms with Gasteiger partial charge in [0.05, 0.1) is 0 Å². The molecule has 0 aliphatic heterocycles. The summed E-state index contributed by atoms with van der Waals surface area (Å²) in [5, 5.41) is 15.0. The molecule has 0 amide bonds. The zero-order chi connectivity index (χ0) is 12.5. The maximum absolute atomic E-state index is 8.68. The number of nitrogens with two attached hydrogens (primary N) is 1. The normalized spacial score (nSPS) is 10.8. The molecule has 0 spiro atoms. The molecule has 0 aliphatic carbocycles. The molecule has 0 saturated heterocycles. The van der Waals surface area contributed by atoms with Gasteiger partial charge in [-0.3, -0.25) is 0 Å². The molecular weight excluding hydrogens is 214 g/mol. The van der Waals surface area contributed by atoms with Crippen molar-refractivity contribution in [2.24, 2.45) is 10.9 Å². The van der Waals surface area contributed by atoms with Gasteiger partial charge in [0, 0.05) is 25.1 Å². The standard InChI is InChI=1S/C13H17N3O/c1-2-3-6-9-15-10-11-7-4-5-8-12(11)13(14)16-17/h4-5,7-8,15,17H,6,9-10H2,1H3,(H2,14,16). The fourth-order valence-corrected chi connectivity index (χ4v) is 1.48. The fraction of sp³-hybridized carbons (Fsp3) is 0.308. The Hall–Kier alpha value is -1.99. The van der Waals surface area contributed by atoms with Gasteiger partial charge < -0.3 is 16.3 Å². The monoisotopic (exact) mass is 231 g/mol. The van der Waals surface area contributed by atoms with E-state index in [0.717, 1.165) is 24.1 Å². The molecule has 1 aromatic rings. The van der Waals surface area contributed by atoms with Crippen LogP contribution in [-0.2, 0) is 6.54 Å². The molecule has 4 nitrogen and oxygen atoms in total. The molecule has 0 aromatic heterocycles. The van der Waals surface area contributed by atoms with Gasteiger partial charge >= 0.3 is 0 Å². The van der Waals surface area contributed by atoms with Crippen molar-refractivity contribution in [2.45, 2.75) is 19.9 Å². The van der Waals surface area contributed by atoms with Crippen LogP contribution in [0.4, 0.5) is 0 Å². The Bertz CT molecular complexity index is 443. The molecule has 1 rings (SSSR count). The second-order valence-electron chi connectivity index (χ2n) is 3.50. The summed E-state index contributed by atoms with van der Waals surface area (Å²) in [6.07, 6.45) is 0.822. The van der Waals surface area contributed by atoms with Crippen molar-refractivity contribution in [3.05, 3.63) is 35.4 Å². The summed E-state index contributed by atoms with van der Waals surface area (Å²) in [7, 11) is 0. The number of nitrogens with zero attached hydrogens (tertiary/aromatic N) is 1. The largest absolute Gasteiger partial charge is 0.409 e. The van der Waals surface area contributed by atoms with Crippen LogP contribution in [0.2, 0.25) is 0 Å². The molecule has 1 aromatic carbocycles. The van der Waals surface area contributed by atoms with E-state index >= 15 is 0 Å². The summed E-state index contributed by atoms with van der Waals surface area (Å²) in [5.74, 6) is 5.96. The van der Waals surface area contributed by atoms with Crippen LogP contribution in [-0.4, -0.2) is 17.6 Å². The lowest BCUT2D eigenvalue weighted by molar-refractivity contribution is 0.318. The first-order valence-corrected chi connectivity index (χ1v) is 5.45. The average Bonchev–Trinajstić information content (AvgIpc) is 2.38. The van der Waals surface area contributed by atoms with Crippen molar-refractivity contribution in [3.63, 3.8) is 0 Å². The SMILES string of the molecule is CC#CCCNCc1ccccc1/C(N)=N/O. The number of nitrogens with one attached hydrogen (secondary N) is 1. The Kier molecular flexibility index (Phi) is 5.62. The van der Waals surface area contributed by atoms with Crippen molar-refractivity contribution in [1.82, 2.24) is 5.32 Å². The number of oxime groups is 1. The van der Waals surface area contributed by atoms with Gasteiger partial charge in [-0.2, -0.15) is 0 Å². The minimum atomic E-state index is 0.135. The highest BCUT2D eigenvalue weighted by Gasteiger charge is 2.04. The molecule has 0 atom stereocenters. The van der Waals surface area contributed by atoms with Crippen LogP contribution < -0.4 is 11.1 Å². The van der Waals surface area contributed by atoms with Gasteiger partial charge in [-0.15, -0.1) is 11.8 Å². The van der Waals surface area contributed by atoms with E-state index in [4.69, 9.17) is 10.9 Å². The summed E-state index contributed by atoms with van der Waals surface area (Å²) in [4.78, 5) is 0. The molecular formula is C13H17N3O. The zero-order valence-corrected chi connectivity index (χ0v) is 9.90. The summed E-state index contributed by atoms with van der Waals surface area (Å²) < 4.78 is 0. The second-order valence-corrected chi connectivity index (χ2v) is 3.50. The van der Waals surface area contributed by atoms with Gasteiger partial charge in [-0.05, 0) is 12.5 Å². The van der Waals surface area contributed by atoms with Crippen LogP contribution in [0.3, 0.4) is 0 Å². The zero-order valence-electron chi connectivity index (χ0n) is 9.90. The van der Waals surface area contributed by atoms with Crippen molar-refractivity contribution in [2.75, 3.05) is 6.54 Å². The lowest BCUT2D eigenvalue weighted by atomic mass is 10.1. The first-order valence-electron chi connectivity index (χ1n) is 5.45. The molecule has 0 radical (unpaired) electrons. The molecule has 0 saturated carbocycles. The Morgan fingerprint density at radius 1 is 1.47 bits per heavy atom. The molecule has 4 N–H and O–H groups in total. The molecule has 0 unspecified atom stereocenters. The van der Waals surface area contributed by atoms with Gasteiger partial charge in [-0.1, -0.05) is 29.4 Å². The molecule has 0 bridgehead atoms. The highest BCUT2D eigenvalue weighted by atomic mass is 16.4. The summed E-state index contributed by atoms with van der Waals surface area (Å²) in [5.41, 5.74) is 7.36. The van der Waals surface area contributed by atoms with E-state index in [0.29, 0.717) is 6.54 Å². The molecule has 90 valence electrons. The molecule has 0 fully saturated rings. The van der Waals surface area contributed by atoms with E-state index in [2.05, 4.69) is 22.3 Å². The number of benzene rings is 1. The number of hydrogen-bond acceptors (Lipinski definition) is 3. The number of amidine groups is 1. The van der Waals surface area contributed by atoms with E-state index in [1.807, 2.05) is 31.2 Å². The highest BCUT2D eigenvalue weighted by Crippen LogP contribution is 2.07. The molecule has 4 heteroatoms. The van der Waals surface area contributed by atoms with Crippen molar-refractivity contribution in [1.29, 1.82) is 0 Å². The quantitative estimate of drug-likeness (QED) is 0.178. The maximum atomic E-state index is 8.68. The van der Waals surface area contributed by atoms with Crippen LogP contribution in [0.1, 0.15) is 24.5 Å². The third kappa shape index (κ3) is 4.17. The average molecular weight is 231 g/mol. The van der Waals surface area contributed by atoms with Crippen LogP contribution >= 0.6 is 0 Å². The summed E-state index contributed by atoms with van der Waals surface area (Å²) in [6.45, 7) is 3.33. The number of rotatable bonds is 5. The van der Waals surface area contributed by atoms with Crippen molar-refractivity contribution in [3.8, 4) is 11.8 Å². The molecule has 17 heavy (non-hydrogen) atoms. The third-order valence-electron chi connectivity index (χ3n) is 2.32. The predicted molar refractivity (Wildman–Crippen MR) is 68.7 cm³/mol. The Morgan fingerprint density at radius 2 is 2.24 bits per heavy atom. The van der Waals surface area contributed by atoms with Gasteiger partial charge in [0.25, 0.3) is 0 Å². The van der Waals surface area contributed by atoms with Crippen LogP contribution in [0, 0.1) is 11.8 Å². The van der Waals surface area contributed by atoms with Gasteiger partial charge in [0.2, 0.25) is 0 Å². The van der Waals surface area contributed by atoms with Crippen LogP contribution in [0.15, 0.2) is 29.4 Å². The van der Waals surface area contributed by atoms with Crippen LogP contribution in [0.5, 0.6) is 0 Å². The minimum absolute atomic E-state index is 0.135. The molecule has 0 aliphatic rings. The first-order chi connectivity index (χ1) is 8.29. The van der Waals surface area contributed by atoms with E-state index < -0.39 is 0 Å². The van der Waals surface area contributed by atoms with Gasteiger partial charge in [0.15, 0.2) is 5.84 Å². The first kappa shape index (κ1) is 13.1. The smallest absolute Gasteiger partial charge is 0.170 e. The van der Waals surface area contributed by atoms with Crippen LogP contribution in [0.25, 0.3) is 0 Å². The predicted octanol–water partition coefficient (Wildman–Crippen LogP) is 1.28. The van der Waals surface area contributed by atoms with Gasteiger partial charge in [0.1, 0.15) is 0 Å². The van der Waals surface area contributed by atoms with E-state index in [-0.39, 0.29) is 5.84 Å². The summed E-state index contributed by atoms with van der Waals surface area (Å²) >= 11 is 0. The van der Waals surface area contributed by atoms with Crippen molar-refractivity contribution >= 4 is 5.84 Å². The Balaban J connectivity index is 2.60. The van der Waals surface area contributed by atoms with Gasteiger partial charge in [-0.25, -0.2) is 0 Å². The number of hydrogen-bond donors (Lipinski definition) is 3. The topological polar surface area (TPSA) is 70.6 Å². The maximum Gasteiger partial charge on any atom is 0.170 e. The Morgan fingerprint density at radius 3 is 2.94 bits per heavy atom. The summed E-state index contributed by atoms with van der Waals surface area (Å²) in [6, 6.07) is 7.57. The lowest BCUT2D eigenvalue weighted by Gasteiger charge is -2.08. The van der Waals surface area contributed by atoms with E-state index in [1.165, 1.54) is 0 Å². The minimum Gasteiger partial charge on any atom is -0.409 e. The second kappa shape index (κ2) is 7.31. The fourth-order valence-electron chi connectivity index (χ4n) is 1.48. The van der Waals surface area contributed by atoms with E-state index in [1.54, 1.807) is 0 Å². The van der Waals surface area contributed by atoms with E-state index in [9.17, 15) is 0 Å². The highest BCUT2D eigenvalue weighted by molar-refractivity contribution is 5.98. The van der Waals surface area contributed by atoms with Crippen molar-refractivity contribution < 1.29 is 5.21 Å².